The van der Waals surface area contributed by atoms with Gasteiger partial charge in [-0.2, -0.15) is 0 Å². The minimum Gasteiger partial charge on any atom is -0.481 e. The Labute approximate surface area is 124 Å². The van der Waals surface area contributed by atoms with E-state index in [4.69, 9.17) is 4.74 Å². The molecule has 21 heavy (non-hydrogen) atoms. The van der Waals surface area contributed by atoms with Gasteiger partial charge in [-0.25, -0.2) is 4.98 Å². The molecule has 1 N–H and O–H groups in total. The molecule has 0 radical (unpaired) electrons. The zero-order valence-electron chi connectivity index (χ0n) is 12.0. The Morgan fingerprint density at radius 2 is 2.10 bits per heavy atom. The first-order valence-corrected chi connectivity index (χ1v) is 7.23. The van der Waals surface area contributed by atoms with Crippen LogP contribution in [0.5, 0.6) is 5.75 Å². The normalized spacial score (nSPS) is 14.3. The number of carbonyl (C=O) groups excluding carboxylic acids is 1. The van der Waals surface area contributed by atoms with Crippen LogP contribution >= 0.6 is 0 Å². The average molecular weight is 282 g/mol. The minimum absolute atomic E-state index is 0.200. The molecule has 0 spiro atoms. The van der Waals surface area contributed by atoms with Crippen LogP contribution in [-0.2, 0) is 17.6 Å². The van der Waals surface area contributed by atoms with Gasteiger partial charge in [-0.1, -0.05) is 12.1 Å². The Morgan fingerprint density at radius 1 is 1.24 bits per heavy atom. The third kappa shape index (κ3) is 3.21. The molecule has 0 bridgehead atoms. The zero-order valence-corrected chi connectivity index (χ0v) is 12.0. The number of rotatable bonds is 4. The van der Waals surface area contributed by atoms with E-state index in [1.54, 1.807) is 25.3 Å². The van der Waals surface area contributed by atoms with Crippen molar-refractivity contribution < 1.29 is 9.53 Å². The molecule has 0 fully saturated rings. The molecule has 0 saturated heterocycles. The fourth-order valence-corrected chi connectivity index (χ4v) is 2.54. The van der Waals surface area contributed by atoms with Crippen molar-refractivity contribution >= 4 is 11.7 Å². The first kappa shape index (κ1) is 13.6. The first-order chi connectivity index (χ1) is 10.2. The predicted molar refractivity (Wildman–Crippen MR) is 81.4 cm³/mol. The molecule has 4 nitrogen and oxygen atoms in total. The number of hydrogen-bond acceptors (Lipinski definition) is 3. The summed E-state index contributed by atoms with van der Waals surface area (Å²) in [7, 11) is 0. The summed E-state index contributed by atoms with van der Waals surface area (Å²) in [4.78, 5) is 16.1. The second-order valence-corrected chi connectivity index (χ2v) is 5.25. The van der Waals surface area contributed by atoms with Crippen molar-refractivity contribution in [1.82, 2.24) is 4.98 Å². The molecule has 1 aromatic carbocycles. The molecule has 108 valence electrons. The Bertz CT molecular complexity index is 640. The number of amides is 1. The van der Waals surface area contributed by atoms with E-state index in [0.717, 1.165) is 18.6 Å². The summed E-state index contributed by atoms with van der Waals surface area (Å²) in [5.74, 6) is 1.08. The van der Waals surface area contributed by atoms with E-state index in [1.165, 1.54) is 17.5 Å². The van der Waals surface area contributed by atoms with Gasteiger partial charge in [-0.15, -0.1) is 0 Å². The van der Waals surface area contributed by atoms with E-state index in [1.807, 2.05) is 18.2 Å². The van der Waals surface area contributed by atoms with Gasteiger partial charge < -0.3 is 10.1 Å². The predicted octanol–water partition coefficient (Wildman–Crippen LogP) is 2.98. The van der Waals surface area contributed by atoms with Gasteiger partial charge in [0, 0.05) is 6.20 Å². The van der Waals surface area contributed by atoms with Crippen LogP contribution in [0.2, 0.25) is 0 Å². The average Bonchev–Trinajstić information content (AvgIpc) is 2.95. The summed E-state index contributed by atoms with van der Waals surface area (Å²) in [6, 6.07) is 11.5. The number of fused-ring (bicyclic) bond motifs is 1. The highest BCUT2D eigenvalue weighted by Gasteiger charge is 2.17. The Hall–Kier alpha value is -2.36. The van der Waals surface area contributed by atoms with Crippen molar-refractivity contribution in [3.63, 3.8) is 0 Å². The maximum absolute atomic E-state index is 12.1. The van der Waals surface area contributed by atoms with Crippen LogP contribution in [0, 0.1) is 0 Å². The topological polar surface area (TPSA) is 51.2 Å². The van der Waals surface area contributed by atoms with Crippen LogP contribution in [0.25, 0.3) is 0 Å². The van der Waals surface area contributed by atoms with Crippen LogP contribution in [0.3, 0.4) is 0 Å². The lowest BCUT2D eigenvalue weighted by Crippen LogP contribution is -2.30. The minimum atomic E-state index is -0.563. The largest absolute Gasteiger partial charge is 0.481 e. The summed E-state index contributed by atoms with van der Waals surface area (Å²) in [5.41, 5.74) is 2.73. The lowest BCUT2D eigenvalue weighted by Gasteiger charge is -2.15. The van der Waals surface area contributed by atoms with Crippen LogP contribution in [0.4, 0.5) is 5.82 Å². The second-order valence-electron chi connectivity index (χ2n) is 5.25. The Balaban J connectivity index is 1.63. The van der Waals surface area contributed by atoms with Gasteiger partial charge in [-0.3, -0.25) is 4.79 Å². The van der Waals surface area contributed by atoms with Gasteiger partial charge in [0.25, 0.3) is 5.91 Å². The maximum Gasteiger partial charge on any atom is 0.266 e. The molecule has 1 atom stereocenters. The van der Waals surface area contributed by atoms with Crippen molar-refractivity contribution in [2.24, 2.45) is 0 Å². The molecule has 1 aliphatic rings. The summed E-state index contributed by atoms with van der Waals surface area (Å²) in [5, 5.41) is 2.74. The lowest BCUT2D eigenvalue weighted by molar-refractivity contribution is -0.122. The molecule has 4 heteroatoms. The van der Waals surface area contributed by atoms with E-state index < -0.39 is 6.10 Å². The number of carbonyl (C=O) groups is 1. The standard InChI is InChI=1S/C17H18N2O2/c1-12(17(20)19-16-7-2-3-10-18-16)21-15-9-8-13-5-4-6-14(13)11-15/h2-3,7-12H,4-6H2,1H3,(H,18,19,20). The van der Waals surface area contributed by atoms with Gasteiger partial charge >= 0.3 is 0 Å². The van der Waals surface area contributed by atoms with Crippen LogP contribution in [-0.4, -0.2) is 17.0 Å². The molecule has 1 aromatic heterocycles. The number of benzene rings is 1. The summed E-state index contributed by atoms with van der Waals surface area (Å²) in [6.07, 6.45) is 4.52. The Morgan fingerprint density at radius 3 is 2.90 bits per heavy atom. The highest BCUT2D eigenvalue weighted by molar-refractivity contribution is 5.93. The monoisotopic (exact) mass is 282 g/mol. The van der Waals surface area contributed by atoms with Crippen molar-refractivity contribution in [1.29, 1.82) is 0 Å². The fourth-order valence-electron chi connectivity index (χ4n) is 2.54. The molecule has 1 aliphatic carbocycles. The molecular weight excluding hydrogens is 264 g/mol. The number of aromatic nitrogens is 1. The molecule has 0 aliphatic heterocycles. The number of aryl methyl sites for hydroxylation is 2. The highest BCUT2D eigenvalue weighted by Crippen LogP contribution is 2.26. The van der Waals surface area contributed by atoms with Crippen LogP contribution in [0.1, 0.15) is 24.5 Å². The number of ether oxygens (including phenoxy) is 1. The van der Waals surface area contributed by atoms with Crippen molar-refractivity contribution in [3.8, 4) is 5.75 Å². The number of anilines is 1. The van der Waals surface area contributed by atoms with Crippen molar-refractivity contribution in [2.45, 2.75) is 32.3 Å². The first-order valence-electron chi connectivity index (χ1n) is 7.23. The Kier molecular flexibility index (Phi) is 3.86. The second kappa shape index (κ2) is 5.95. The zero-order chi connectivity index (χ0) is 14.7. The quantitative estimate of drug-likeness (QED) is 0.938. The van der Waals surface area contributed by atoms with Crippen LogP contribution in [0.15, 0.2) is 42.6 Å². The SMILES string of the molecule is CC(Oc1ccc2c(c1)CCC2)C(=O)Nc1ccccn1. The third-order valence-corrected chi connectivity index (χ3v) is 3.67. The number of nitrogens with zero attached hydrogens (tertiary/aromatic N) is 1. The van der Waals surface area contributed by atoms with Gasteiger partial charge in [0.1, 0.15) is 11.6 Å². The fraction of sp³-hybridized carbons (Fsp3) is 0.294. The van der Waals surface area contributed by atoms with Gasteiger partial charge in [0.05, 0.1) is 0 Å². The number of hydrogen-bond donors (Lipinski definition) is 1. The van der Waals surface area contributed by atoms with Crippen molar-refractivity contribution in [3.05, 3.63) is 53.7 Å². The van der Waals surface area contributed by atoms with Gasteiger partial charge in [0.2, 0.25) is 0 Å². The van der Waals surface area contributed by atoms with E-state index in [-0.39, 0.29) is 5.91 Å². The summed E-state index contributed by atoms with van der Waals surface area (Å²) in [6.45, 7) is 1.74. The molecule has 0 saturated carbocycles. The van der Waals surface area contributed by atoms with Crippen molar-refractivity contribution in [2.75, 3.05) is 5.32 Å². The number of pyridine rings is 1. The van der Waals surface area contributed by atoms with E-state index in [0.29, 0.717) is 5.82 Å². The highest BCUT2D eigenvalue weighted by atomic mass is 16.5. The maximum atomic E-state index is 12.1. The molecule has 1 unspecified atom stereocenters. The van der Waals surface area contributed by atoms with E-state index in [2.05, 4.69) is 16.4 Å². The van der Waals surface area contributed by atoms with E-state index >= 15 is 0 Å². The molecule has 1 heterocycles. The summed E-state index contributed by atoms with van der Waals surface area (Å²) < 4.78 is 5.73. The third-order valence-electron chi connectivity index (χ3n) is 3.67. The molecule has 1 amide bonds. The van der Waals surface area contributed by atoms with Gasteiger partial charge in [-0.05, 0) is 61.6 Å². The van der Waals surface area contributed by atoms with E-state index in [9.17, 15) is 4.79 Å². The summed E-state index contributed by atoms with van der Waals surface area (Å²) >= 11 is 0. The number of nitrogens with one attached hydrogen (secondary N) is 1. The molecule has 3 rings (SSSR count). The molecular formula is C17H18N2O2. The van der Waals surface area contributed by atoms with Crippen LogP contribution < -0.4 is 10.1 Å². The smallest absolute Gasteiger partial charge is 0.266 e. The molecule has 2 aromatic rings. The lowest BCUT2D eigenvalue weighted by atomic mass is 10.1. The van der Waals surface area contributed by atoms with Gasteiger partial charge in [0.15, 0.2) is 6.10 Å².